The highest BCUT2D eigenvalue weighted by atomic mass is 79.9. The monoisotopic (exact) mass is 552 g/mol. The molecule has 0 saturated carbocycles. The molecule has 1 aliphatic heterocycles. The van der Waals surface area contributed by atoms with E-state index in [1.807, 2.05) is 6.07 Å². The van der Waals surface area contributed by atoms with Gasteiger partial charge in [-0.25, -0.2) is 8.42 Å². The van der Waals surface area contributed by atoms with Crippen molar-refractivity contribution >= 4 is 53.9 Å². The molecule has 0 spiro atoms. The van der Waals surface area contributed by atoms with E-state index in [4.69, 9.17) is 0 Å². The summed E-state index contributed by atoms with van der Waals surface area (Å²) in [5.74, 6) is -0.0301. The minimum absolute atomic E-state index is 0.0319. The van der Waals surface area contributed by atoms with Crippen LogP contribution >= 0.6 is 27.3 Å². The maximum Gasteiger partial charge on any atom is 0.257 e. The first-order chi connectivity index (χ1) is 15.4. The van der Waals surface area contributed by atoms with Crippen LogP contribution < -0.4 is 10.6 Å². The summed E-state index contributed by atoms with van der Waals surface area (Å²) in [6, 6.07) is 6.77. The lowest BCUT2D eigenvalue weighted by atomic mass is 9.72. The lowest BCUT2D eigenvalue weighted by molar-refractivity contribution is 0.0941. The predicted octanol–water partition coefficient (Wildman–Crippen LogP) is 4.83. The number of thiophene rings is 1. The van der Waals surface area contributed by atoms with E-state index in [-0.39, 0.29) is 28.7 Å². The molecule has 2 aromatic rings. The molecule has 1 fully saturated rings. The average molecular weight is 554 g/mol. The number of nitrogens with one attached hydrogen (secondary N) is 2. The van der Waals surface area contributed by atoms with Crippen LogP contribution in [0.4, 0.5) is 5.00 Å². The molecule has 9 heteroatoms. The summed E-state index contributed by atoms with van der Waals surface area (Å²) in [5.41, 5.74) is 2.12. The number of sulfone groups is 1. The van der Waals surface area contributed by atoms with E-state index in [2.05, 4.69) is 47.3 Å². The normalized spacial score (nSPS) is 21.9. The number of carbonyl (C=O) groups excluding carboxylic acids is 2. The highest BCUT2D eigenvalue weighted by molar-refractivity contribution is 9.10. The summed E-state index contributed by atoms with van der Waals surface area (Å²) >= 11 is 4.89. The van der Waals surface area contributed by atoms with Crippen LogP contribution in [0, 0.1) is 11.3 Å². The summed E-state index contributed by atoms with van der Waals surface area (Å²) in [6.45, 7) is 6.71. The van der Waals surface area contributed by atoms with Gasteiger partial charge in [0.2, 0.25) is 0 Å². The first-order valence-electron chi connectivity index (χ1n) is 11.2. The third-order valence-corrected chi connectivity index (χ3v) is 10.3. The van der Waals surface area contributed by atoms with Gasteiger partial charge in [-0.2, -0.15) is 0 Å². The molecule has 2 amide bonds. The summed E-state index contributed by atoms with van der Waals surface area (Å²) < 4.78 is 24.4. The molecule has 2 heterocycles. The third-order valence-electron chi connectivity index (χ3n) is 6.63. The van der Waals surface area contributed by atoms with Gasteiger partial charge in [-0.3, -0.25) is 9.59 Å². The van der Waals surface area contributed by atoms with Crippen molar-refractivity contribution in [3.05, 3.63) is 50.3 Å². The standard InChI is InChI=1S/C24H29BrN2O4S2/c1-24(2,3)14-8-9-17-19(12-14)32-23(27-21(28)16-6-4-5-7-18(16)25)20(17)22(29)26-15-10-11-33(30,31)13-15/h4-7,14-15H,8-13H2,1-3H3,(H,26,29)(H,27,28). The van der Waals surface area contributed by atoms with Crippen molar-refractivity contribution in [3.63, 3.8) is 0 Å². The summed E-state index contributed by atoms with van der Waals surface area (Å²) in [7, 11) is -3.11. The number of halogens is 1. The molecule has 2 N–H and O–H groups in total. The number of benzene rings is 1. The number of carbonyl (C=O) groups is 2. The van der Waals surface area contributed by atoms with E-state index in [9.17, 15) is 18.0 Å². The number of anilines is 1. The van der Waals surface area contributed by atoms with Crippen molar-refractivity contribution in [3.8, 4) is 0 Å². The van der Waals surface area contributed by atoms with Gasteiger partial charge in [-0.05, 0) is 70.6 Å². The Morgan fingerprint density at radius 1 is 1.12 bits per heavy atom. The minimum atomic E-state index is -3.11. The maximum absolute atomic E-state index is 13.4. The van der Waals surface area contributed by atoms with Crippen molar-refractivity contribution in [1.29, 1.82) is 0 Å². The number of rotatable bonds is 4. The topological polar surface area (TPSA) is 92.3 Å². The average Bonchev–Trinajstić information content (AvgIpc) is 3.25. The Bertz CT molecular complexity index is 1200. The van der Waals surface area contributed by atoms with Crippen LogP contribution in [0.5, 0.6) is 0 Å². The molecular weight excluding hydrogens is 524 g/mol. The lowest BCUT2D eigenvalue weighted by Gasteiger charge is -2.33. The van der Waals surface area contributed by atoms with Crippen molar-refractivity contribution in [2.45, 2.75) is 52.5 Å². The van der Waals surface area contributed by atoms with E-state index >= 15 is 0 Å². The molecule has 2 aliphatic rings. The zero-order valence-electron chi connectivity index (χ0n) is 19.0. The van der Waals surface area contributed by atoms with Crippen LogP contribution in [0.15, 0.2) is 28.7 Å². The van der Waals surface area contributed by atoms with Crippen LogP contribution in [0.1, 0.15) is 64.8 Å². The number of hydrogen-bond acceptors (Lipinski definition) is 5. The smallest absolute Gasteiger partial charge is 0.257 e. The second-order valence-electron chi connectivity index (χ2n) is 10.0. The SMILES string of the molecule is CC(C)(C)C1CCc2c(sc(NC(=O)c3ccccc3Br)c2C(=O)NC2CCS(=O)(=O)C2)C1. The maximum atomic E-state index is 13.4. The molecule has 0 radical (unpaired) electrons. The van der Waals surface area contributed by atoms with Crippen LogP contribution in [0.2, 0.25) is 0 Å². The zero-order valence-corrected chi connectivity index (χ0v) is 22.3. The fraction of sp³-hybridized carbons (Fsp3) is 0.500. The van der Waals surface area contributed by atoms with Gasteiger partial charge in [0, 0.05) is 15.4 Å². The number of hydrogen-bond donors (Lipinski definition) is 2. The second-order valence-corrected chi connectivity index (χ2v) is 14.2. The predicted molar refractivity (Wildman–Crippen MR) is 136 cm³/mol. The molecule has 1 saturated heterocycles. The van der Waals surface area contributed by atoms with E-state index in [0.717, 1.165) is 29.7 Å². The number of amides is 2. The number of fused-ring (bicyclic) bond motifs is 1. The van der Waals surface area contributed by atoms with Crippen molar-refractivity contribution in [1.82, 2.24) is 5.32 Å². The Morgan fingerprint density at radius 3 is 2.48 bits per heavy atom. The molecule has 2 atom stereocenters. The lowest BCUT2D eigenvalue weighted by Crippen LogP contribution is -2.36. The van der Waals surface area contributed by atoms with Crippen LogP contribution in [0.25, 0.3) is 0 Å². The Labute approximate surface area is 207 Å². The zero-order chi connectivity index (χ0) is 24.0. The molecule has 1 aliphatic carbocycles. The molecule has 6 nitrogen and oxygen atoms in total. The fourth-order valence-electron chi connectivity index (χ4n) is 4.64. The Balaban J connectivity index is 1.66. The van der Waals surface area contributed by atoms with Crippen LogP contribution in [-0.2, 0) is 22.7 Å². The highest BCUT2D eigenvalue weighted by Crippen LogP contribution is 2.44. The molecule has 178 valence electrons. The van der Waals surface area contributed by atoms with Gasteiger partial charge >= 0.3 is 0 Å². The molecule has 1 aromatic carbocycles. The van der Waals surface area contributed by atoms with Gasteiger partial charge in [0.1, 0.15) is 5.00 Å². The quantitative estimate of drug-likeness (QED) is 0.568. The van der Waals surface area contributed by atoms with Crippen molar-refractivity contribution in [2.75, 3.05) is 16.8 Å². The van der Waals surface area contributed by atoms with Crippen LogP contribution in [0.3, 0.4) is 0 Å². The Hall–Kier alpha value is -1.71. The molecule has 2 unspecified atom stereocenters. The summed E-state index contributed by atoms with van der Waals surface area (Å²) in [6.07, 6.45) is 3.03. The van der Waals surface area contributed by atoms with Gasteiger partial charge in [-0.1, -0.05) is 32.9 Å². The van der Waals surface area contributed by atoms with Gasteiger partial charge in [0.25, 0.3) is 11.8 Å². The summed E-state index contributed by atoms with van der Waals surface area (Å²) in [4.78, 5) is 27.5. The van der Waals surface area contributed by atoms with Crippen LogP contribution in [-0.4, -0.2) is 37.8 Å². The first kappa shape index (κ1) is 24.4. The largest absolute Gasteiger partial charge is 0.348 e. The fourth-order valence-corrected chi connectivity index (χ4v) is 8.09. The second kappa shape index (κ2) is 9.15. The van der Waals surface area contributed by atoms with Crippen molar-refractivity contribution < 1.29 is 18.0 Å². The third kappa shape index (κ3) is 5.35. The van der Waals surface area contributed by atoms with E-state index < -0.39 is 15.9 Å². The molecule has 33 heavy (non-hydrogen) atoms. The highest BCUT2D eigenvalue weighted by Gasteiger charge is 2.36. The minimum Gasteiger partial charge on any atom is -0.348 e. The molecular formula is C24H29BrN2O4S2. The Kier molecular flexibility index (Phi) is 6.77. The Morgan fingerprint density at radius 2 is 1.85 bits per heavy atom. The molecule has 1 aromatic heterocycles. The van der Waals surface area contributed by atoms with Gasteiger partial charge in [0.05, 0.1) is 22.6 Å². The van der Waals surface area contributed by atoms with Gasteiger partial charge < -0.3 is 10.6 Å². The first-order valence-corrected chi connectivity index (χ1v) is 14.6. The van der Waals surface area contributed by atoms with Crippen molar-refractivity contribution in [2.24, 2.45) is 11.3 Å². The van der Waals surface area contributed by atoms with E-state index in [0.29, 0.717) is 32.9 Å². The molecule has 0 bridgehead atoms. The summed E-state index contributed by atoms with van der Waals surface area (Å²) in [5, 5.41) is 6.43. The molecule has 4 rings (SSSR count). The van der Waals surface area contributed by atoms with E-state index in [1.165, 1.54) is 11.3 Å². The van der Waals surface area contributed by atoms with E-state index in [1.54, 1.807) is 18.2 Å². The van der Waals surface area contributed by atoms with Gasteiger partial charge in [0.15, 0.2) is 9.84 Å². The van der Waals surface area contributed by atoms with Gasteiger partial charge in [-0.15, -0.1) is 11.3 Å².